The molecule has 1 aliphatic heterocycles. The van der Waals surface area contributed by atoms with Crippen LogP contribution in [0.15, 0.2) is 36.7 Å². The molecule has 1 unspecified atom stereocenters. The quantitative estimate of drug-likeness (QED) is 0.914. The molecule has 3 rings (SSSR count). The standard InChI is InChI=1S/C18H23N3O3/c1-14-4-3-5-15(8-14)9-18(13-22)12-21(6-7-24-18)17(23)16-10-19-20(2)11-16/h3-5,8,10-11,22H,6-7,9,12-13H2,1-2H3. The molecule has 1 aliphatic rings. The first kappa shape index (κ1) is 16.7. The van der Waals surface area contributed by atoms with E-state index in [0.29, 0.717) is 31.7 Å². The minimum Gasteiger partial charge on any atom is -0.393 e. The number of nitrogens with zero attached hydrogens (tertiary/aromatic N) is 3. The van der Waals surface area contributed by atoms with E-state index in [4.69, 9.17) is 4.74 Å². The van der Waals surface area contributed by atoms with E-state index in [9.17, 15) is 9.90 Å². The van der Waals surface area contributed by atoms with Gasteiger partial charge in [0.15, 0.2) is 0 Å². The van der Waals surface area contributed by atoms with E-state index in [1.807, 2.05) is 25.1 Å². The van der Waals surface area contributed by atoms with Gasteiger partial charge in [0.25, 0.3) is 5.91 Å². The summed E-state index contributed by atoms with van der Waals surface area (Å²) in [6.45, 7) is 3.21. The van der Waals surface area contributed by atoms with Crippen LogP contribution in [0.4, 0.5) is 0 Å². The van der Waals surface area contributed by atoms with Gasteiger partial charge in [-0.3, -0.25) is 9.48 Å². The Hall–Kier alpha value is -2.18. The van der Waals surface area contributed by atoms with Gasteiger partial charge in [0.1, 0.15) is 5.60 Å². The average Bonchev–Trinajstić information content (AvgIpc) is 3.01. The van der Waals surface area contributed by atoms with Crippen molar-refractivity contribution in [3.8, 4) is 0 Å². The molecule has 0 aliphatic carbocycles. The number of aliphatic hydroxyl groups is 1. The maximum Gasteiger partial charge on any atom is 0.257 e. The summed E-state index contributed by atoms with van der Waals surface area (Å²) in [5.41, 5.74) is 2.06. The Kier molecular flexibility index (Phi) is 4.69. The number of aryl methyl sites for hydroxylation is 2. The number of aliphatic hydroxyl groups excluding tert-OH is 1. The lowest BCUT2D eigenvalue weighted by Crippen LogP contribution is -2.56. The monoisotopic (exact) mass is 329 g/mol. The first-order chi connectivity index (χ1) is 11.5. The zero-order valence-corrected chi connectivity index (χ0v) is 14.1. The fourth-order valence-corrected chi connectivity index (χ4v) is 3.19. The predicted octanol–water partition coefficient (Wildman–Crippen LogP) is 1.17. The fraction of sp³-hybridized carbons (Fsp3) is 0.444. The van der Waals surface area contributed by atoms with Crippen molar-refractivity contribution in [3.63, 3.8) is 0 Å². The third-order valence-electron chi connectivity index (χ3n) is 4.38. The van der Waals surface area contributed by atoms with Crippen LogP contribution in [-0.4, -0.2) is 57.6 Å². The Balaban J connectivity index is 1.77. The SMILES string of the molecule is Cc1cccc(CC2(CO)CN(C(=O)c3cnn(C)c3)CCO2)c1. The number of amides is 1. The van der Waals surface area contributed by atoms with Gasteiger partial charge in [-0.1, -0.05) is 29.8 Å². The normalized spacial score (nSPS) is 21.0. The van der Waals surface area contributed by atoms with Crippen molar-refractivity contribution in [1.82, 2.24) is 14.7 Å². The van der Waals surface area contributed by atoms with Crippen molar-refractivity contribution in [2.24, 2.45) is 7.05 Å². The van der Waals surface area contributed by atoms with Crippen molar-refractivity contribution < 1.29 is 14.6 Å². The number of rotatable bonds is 4. The molecule has 1 N–H and O–H groups in total. The molecule has 0 saturated carbocycles. The fourth-order valence-electron chi connectivity index (χ4n) is 3.19. The largest absolute Gasteiger partial charge is 0.393 e. The van der Waals surface area contributed by atoms with Crippen LogP contribution in [0.2, 0.25) is 0 Å². The van der Waals surface area contributed by atoms with Gasteiger partial charge in [-0.05, 0) is 12.5 Å². The number of benzene rings is 1. The highest BCUT2D eigenvalue weighted by Gasteiger charge is 2.38. The molecule has 24 heavy (non-hydrogen) atoms. The van der Waals surface area contributed by atoms with Gasteiger partial charge in [0, 0.05) is 26.2 Å². The van der Waals surface area contributed by atoms with Gasteiger partial charge in [-0.2, -0.15) is 5.10 Å². The van der Waals surface area contributed by atoms with Crippen LogP contribution in [0.1, 0.15) is 21.5 Å². The van der Waals surface area contributed by atoms with Gasteiger partial charge in [0.2, 0.25) is 0 Å². The Morgan fingerprint density at radius 3 is 2.96 bits per heavy atom. The molecule has 1 aromatic carbocycles. The average molecular weight is 329 g/mol. The van der Waals surface area contributed by atoms with Crippen molar-refractivity contribution >= 4 is 5.91 Å². The maximum absolute atomic E-state index is 12.7. The molecule has 128 valence electrons. The van der Waals surface area contributed by atoms with Crippen molar-refractivity contribution in [3.05, 3.63) is 53.3 Å². The van der Waals surface area contributed by atoms with Crippen LogP contribution in [0.3, 0.4) is 0 Å². The summed E-state index contributed by atoms with van der Waals surface area (Å²) in [5, 5.41) is 14.0. The number of morpholine rings is 1. The van der Waals surface area contributed by atoms with E-state index >= 15 is 0 Å². The lowest BCUT2D eigenvalue weighted by Gasteiger charge is -2.41. The van der Waals surface area contributed by atoms with E-state index in [0.717, 1.165) is 5.56 Å². The second kappa shape index (κ2) is 6.75. The molecule has 6 heteroatoms. The Labute approximate surface area is 141 Å². The Morgan fingerprint density at radius 2 is 2.29 bits per heavy atom. The first-order valence-electron chi connectivity index (χ1n) is 8.10. The number of aromatic nitrogens is 2. The highest BCUT2D eigenvalue weighted by Crippen LogP contribution is 2.24. The van der Waals surface area contributed by atoms with Crippen LogP contribution in [-0.2, 0) is 18.2 Å². The smallest absolute Gasteiger partial charge is 0.257 e. The van der Waals surface area contributed by atoms with E-state index < -0.39 is 5.60 Å². The van der Waals surface area contributed by atoms with Gasteiger partial charge < -0.3 is 14.7 Å². The zero-order chi connectivity index (χ0) is 17.2. The van der Waals surface area contributed by atoms with Crippen LogP contribution in [0.5, 0.6) is 0 Å². The summed E-state index contributed by atoms with van der Waals surface area (Å²) >= 11 is 0. The molecule has 1 atom stereocenters. The highest BCUT2D eigenvalue weighted by molar-refractivity contribution is 5.93. The number of carbonyl (C=O) groups is 1. The van der Waals surface area contributed by atoms with Gasteiger partial charge in [0.05, 0.1) is 31.5 Å². The van der Waals surface area contributed by atoms with Crippen LogP contribution in [0.25, 0.3) is 0 Å². The lowest BCUT2D eigenvalue weighted by molar-refractivity contribution is -0.123. The van der Waals surface area contributed by atoms with Crippen molar-refractivity contribution in [1.29, 1.82) is 0 Å². The Bertz CT molecular complexity index is 728. The molecular weight excluding hydrogens is 306 g/mol. The summed E-state index contributed by atoms with van der Waals surface area (Å²) in [7, 11) is 1.78. The molecule has 0 bridgehead atoms. The molecule has 1 amide bonds. The molecule has 1 fully saturated rings. The summed E-state index contributed by atoms with van der Waals surface area (Å²) in [6, 6.07) is 8.14. The summed E-state index contributed by atoms with van der Waals surface area (Å²) in [4.78, 5) is 14.4. The van der Waals surface area contributed by atoms with Crippen LogP contribution < -0.4 is 0 Å². The number of hydrogen-bond acceptors (Lipinski definition) is 4. The molecule has 1 aromatic heterocycles. The van der Waals surface area contributed by atoms with E-state index in [1.165, 1.54) is 5.56 Å². The van der Waals surface area contributed by atoms with Crippen LogP contribution >= 0.6 is 0 Å². The number of carbonyl (C=O) groups excluding carboxylic acids is 1. The first-order valence-corrected chi connectivity index (χ1v) is 8.10. The minimum absolute atomic E-state index is 0.0755. The van der Waals surface area contributed by atoms with Gasteiger partial charge in [-0.25, -0.2) is 0 Å². The zero-order valence-electron chi connectivity index (χ0n) is 14.1. The molecule has 6 nitrogen and oxygen atoms in total. The molecule has 2 aromatic rings. The highest BCUT2D eigenvalue weighted by atomic mass is 16.5. The van der Waals surface area contributed by atoms with E-state index in [-0.39, 0.29) is 12.5 Å². The second-order valence-corrected chi connectivity index (χ2v) is 6.48. The van der Waals surface area contributed by atoms with E-state index in [2.05, 4.69) is 11.2 Å². The number of hydrogen-bond donors (Lipinski definition) is 1. The van der Waals surface area contributed by atoms with Crippen molar-refractivity contribution in [2.45, 2.75) is 18.9 Å². The van der Waals surface area contributed by atoms with Gasteiger partial charge in [-0.15, -0.1) is 0 Å². The lowest BCUT2D eigenvalue weighted by atomic mass is 9.92. The summed E-state index contributed by atoms with van der Waals surface area (Å²) in [6.07, 6.45) is 3.85. The number of ether oxygens (including phenoxy) is 1. The summed E-state index contributed by atoms with van der Waals surface area (Å²) < 4.78 is 7.53. The third kappa shape index (κ3) is 3.49. The predicted molar refractivity (Wildman–Crippen MR) is 89.8 cm³/mol. The minimum atomic E-state index is -0.760. The third-order valence-corrected chi connectivity index (χ3v) is 4.38. The molecule has 0 radical (unpaired) electrons. The van der Waals surface area contributed by atoms with Gasteiger partial charge >= 0.3 is 0 Å². The van der Waals surface area contributed by atoms with E-state index in [1.54, 1.807) is 29.0 Å². The molecular formula is C18H23N3O3. The van der Waals surface area contributed by atoms with Crippen LogP contribution in [0, 0.1) is 6.92 Å². The molecule has 1 saturated heterocycles. The second-order valence-electron chi connectivity index (χ2n) is 6.48. The maximum atomic E-state index is 12.7. The molecule has 2 heterocycles. The topological polar surface area (TPSA) is 67.6 Å². The summed E-state index contributed by atoms with van der Waals surface area (Å²) in [5.74, 6) is -0.0755. The molecule has 0 spiro atoms. The van der Waals surface area contributed by atoms with Crippen molar-refractivity contribution in [2.75, 3.05) is 26.3 Å². The Morgan fingerprint density at radius 1 is 1.46 bits per heavy atom.